The van der Waals surface area contributed by atoms with Crippen LogP contribution in [0.2, 0.25) is 0 Å². The van der Waals surface area contributed by atoms with Gasteiger partial charge >= 0.3 is 0 Å². The van der Waals surface area contributed by atoms with Gasteiger partial charge in [0.15, 0.2) is 0 Å². The Morgan fingerprint density at radius 2 is 2.18 bits per heavy atom. The standard InChI is InChI=1S/C19H22N2O/c1-2-13-12-21-10-8-14(13)11-18(21)19(22)16-7-9-20-17-6-4-3-5-15(16)17/h2-7,9,13-14,18-19,22H,1,8,10-12H2/t13-,14+,18-,19-/m1/s1. The van der Waals surface area contributed by atoms with Gasteiger partial charge in [-0.2, -0.15) is 0 Å². The second-order valence-corrected chi connectivity index (χ2v) is 6.61. The first kappa shape index (κ1) is 13.9. The fourth-order valence-electron chi connectivity index (χ4n) is 4.29. The van der Waals surface area contributed by atoms with Gasteiger partial charge in [-0.3, -0.25) is 9.88 Å². The minimum Gasteiger partial charge on any atom is -0.387 e. The summed E-state index contributed by atoms with van der Waals surface area (Å²) in [6.45, 7) is 6.11. The molecule has 3 aliphatic rings. The van der Waals surface area contributed by atoms with Crippen LogP contribution in [0.25, 0.3) is 10.9 Å². The fourth-order valence-corrected chi connectivity index (χ4v) is 4.29. The van der Waals surface area contributed by atoms with Crippen LogP contribution < -0.4 is 0 Å². The van der Waals surface area contributed by atoms with Gasteiger partial charge in [0, 0.05) is 24.2 Å². The Morgan fingerprint density at radius 1 is 1.32 bits per heavy atom. The molecule has 4 heterocycles. The molecule has 0 radical (unpaired) electrons. The maximum Gasteiger partial charge on any atom is 0.0952 e. The quantitative estimate of drug-likeness (QED) is 0.883. The van der Waals surface area contributed by atoms with E-state index in [9.17, 15) is 5.11 Å². The van der Waals surface area contributed by atoms with Crippen molar-refractivity contribution in [3.63, 3.8) is 0 Å². The lowest BCUT2D eigenvalue weighted by Gasteiger charge is -2.50. The number of benzene rings is 1. The summed E-state index contributed by atoms with van der Waals surface area (Å²) in [6.07, 6.45) is 5.76. The highest BCUT2D eigenvalue weighted by Gasteiger charge is 2.42. The lowest BCUT2D eigenvalue weighted by Crippen LogP contribution is -2.54. The van der Waals surface area contributed by atoms with Gasteiger partial charge in [0.1, 0.15) is 0 Å². The second-order valence-electron chi connectivity index (χ2n) is 6.61. The van der Waals surface area contributed by atoms with Crippen LogP contribution in [0, 0.1) is 11.8 Å². The molecule has 22 heavy (non-hydrogen) atoms. The van der Waals surface area contributed by atoms with E-state index < -0.39 is 6.10 Å². The molecule has 1 aromatic carbocycles. The maximum absolute atomic E-state index is 11.0. The maximum atomic E-state index is 11.0. The van der Waals surface area contributed by atoms with Gasteiger partial charge in [0.2, 0.25) is 0 Å². The van der Waals surface area contributed by atoms with Crippen molar-refractivity contribution < 1.29 is 5.11 Å². The molecule has 3 fully saturated rings. The first-order valence-electron chi connectivity index (χ1n) is 8.16. The predicted octanol–water partition coefficient (Wildman–Crippen LogP) is 3.16. The SMILES string of the molecule is C=C[C@@H]1CN2CC[C@H]1C[C@@H]2[C@H](O)c1ccnc2ccccc12. The number of nitrogens with zero attached hydrogens (tertiary/aromatic N) is 2. The number of aliphatic hydroxyl groups excluding tert-OH is 1. The molecule has 5 rings (SSSR count). The zero-order valence-corrected chi connectivity index (χ0v) is 12.7. The number of para-hydroxylation sites is 1. The second kappa shape index (κ2) is 5.49. The molecule has 0 spiro atoms. The third-order valence-electron chi connectivity index (χ3n) is 5.52. The van der Waals surface area contributed by atoms with E-state index in [-0.39, 0.29) is 6.04 Å². The number of aromatic nitrogens is 1. The molecule has 1 aromatic heterocycles. The van der Waals surface area contributed by atoms with Gasteiger partial charge in [0.05, 0.1) is 11.6 Å². The number of piperidine rings is 3. The van der Waals surface area contributed by atoms with Crippen molar-refractivity contribution in [1.29, 1.82) is 0 Å². The van der Waals surface area contributed by atoms with Crippen molar-refractivity contribution in [2.75, 3.05) is 13.1 Å². The van der Waals surface area contributed by atoms with Crippen molar-refractivity contribution in [3.8, 4) is 0 Å². The van der Waals surface area contributed by atoms with E-state index in [1.165, 1.54) is 6.42 Å². The van der Waals surface area contributed by atoms with E-state index in [0.29, 0.717) is 11.8 Å². The zero-order valence-electron chi connectivity index (χ0n) is 12.7. The van der Waals surface area contributed by atoms with Crippen LogP contribution in [-0.4, -0.2) is 34.1 Å². The average Bonchev–Trinajstić information content (AvgIpc) is 2.60. The van der Waals surface area contributed by atoms with Crippen LogP contribution in [0.1, 0.15) is 24.5 Å². The van der Waals surface area contributed by atoms with Crippen LogP contribution in [0.3, 0.4) is 0 Å². The van der Waals surface area contributed by atoms with Crippen molar-refractivity contribution in [3.05, 3.63) is 54.7 Å². The number of fused-ring (bicyclic) bond motifs is 4. The van der Waals surface area contributed by atoms with Crippen molar-refractivity contribution in [2.24, 2.45) is 11.8 Å². The zero-order chi connectivity index (χ0) is 15.1. The molecule has 3 heteroatoms. The summed E-state index contributed by atoms with van der Waals surface area (Å²) >= 11 is 0. The van der Waals surface area contributed by atoms with E-state index in [4.69, 9.17) is 0 Å². The Balaban J connectivity index is 1.67. The molecular formula is C19H22N2O. The molecule has 1 N–H and O–H groups in total. The van der Waals surface area contributed by atoms with Gasteiger partial charge in [-0.25, -0.2) is 0 Å². The van der Waals surface area contributed by atoms with Crippen LogP contribution in [0.4, 0.5) is 0 Å². The molecule has 0 amide bonds. The number of aliphatic hydroxyl groups is 1. The summed E-state index contributed by atoms with van der Waals surface area (Å²) in [6, 6.07) is 10.3. The molecule has 3 nitrogen and oxygen atoms in total. The average molecular weight is 294 g/mol. The summed E-state index contributed by atoms with van der Waals surface area (Å²) in [5, 5.41) is 12.1. The third kappa shape index (κ3) is 2.16. The first-order chi connectivity index (χ1) is 10.8. The number of rotatable bonds is 3. The molecule has 1 unspecified atom stereocenters. The Labute approximate surface area is 131 Å². The predicted molar refractivity (Wildman–Crippen MR) is 88.5 cm³/mol. The van der Waals surface area contributed by atoms with Gasteiger partial charge in [0.25, 0.3) is 0 Å². The summed E-state index contributed by atoms with van der Waals surface area (Å²) in [7, 11) is 0. The lowest BCUT2D eigenvalue weighted by atomic mass is 9.73. The minimum absolute atomic E-state index is 0.223. The topological polar surface area (TPSA) is 36.4 Å². The number of hydrogen-bond donors (Lipinski definition) is 1. The lowest BCUT2D eigenvalue weighted by molar-refractivity contribution is -0.0444. The molecule has 5 atom stereocenters. The monoisotopic (exact) mass is 294 g/mol. The molecule has 3 saturated heterocycles. The van der Waals surface area contributed by atoms with Crippen LogP contribution >= 0.6 is 0 Å². The van der Waals surface area contributed by atoms with Crippen LogP contribution in [0.15, 0.2) is 49.2 Å². The molecule has 2 bridgehead atoms. The Kier molecular flexibility index (Phi) is 3.47. The molecule has 0 saturated carbocycles. The molecule has 0 aliphatic carbocycles. The highest BCUT2D eigenvalue weighted by Crippen LogP contribution is 2.41. The summed E-state index contributed by atoms with van der Waals surface area (Å²) in [4.78, 5) is 6.86. The van der Waals surface area contributed by atoms with Crippen LogP contribution in [0.5, 0.6) is 0 Å². The van der Waals surface area contributed by atoms with Gasteiger partial charge in [-0.05, 0) is 48.9 Å². The van der Waals surface area contributed by atoms with Crippen molar-refractivity contribution in [1.82, 2.24) is 9.88 Å². The number of hydrogen-bond acceptors (Lipinski definition) is 3. The highest BCUT2D eigenvalue weighted by molar-refractivity contribution is 5.82. The first-order valence-corrected chi connectivity index (χ1v) is 8.16. The summed E-state index contributed by atoms with van der Waals surface area (Å²) in [5.41, 5.74) is 1.97. The van der Waals surface area contributed by atoms with Crippen molar-refractivity contribution >= 4 is 10.9 Å². The highest BCUT2D eigenvalue weighted by atomic mass is 16.3. The third-order valence-corrected chi connectivity index (χ3v) is 5.52. The van der Waals surface area contributed by atoms with Gasteiger partial charge < -0.3 is 5.11 Å². The largest absolute Gasteiger partial charge is 0.387 e. The Bertz CT molecular complexity index is 693. The summed E-state index contributed by atoms with van der Waals surface area (Å²) in [5.74, 6) is 1.27. The van der Waals surface area contributed by atoms with Gasteiger partial charge in [-0.15, -0.1) is 6.58 Å². The van der Waals surface area contributed by atoms with E-state index in [2.05, 4.69) is 28.6 Å². The molecular weight excluding hydrogens is 272 g/mol. The van der Waals surface area contributed by atoms with Crippen LogP contribution in [-0.2, 0) is 0 Å². The minimum atomic E-state index is -0.443. The number of pyridine rings is 1. The van der Waals surface area contributed by atoms with E-state index in [1.807, 2.05) is 30.5 Å². The smallest absolute Gasteiger partial charge is 0.0952 e. The molecule has 114 valence electrons. The summed E-state index contributed by atoms with van der Waals surface area (Å²) < 4.78 is 0. The van der Waals surface area contributed by atoms with E-state index in [1.54, 1.807) is 0 Å². The molecule has 3 aliphatic heterocycles. The van der Waals surface area contributed by atoms with E-state index >= 15 is 0 Å². The molecule has 2 aromatic rings. The Hall–Kier alpha value is -1.71. The fraction of sp³-hybridized carbons (Fsp3) is 0.421. The van der Waals surface area contributed by atoms with Crippen molar-refractivity contribution in [2.45, 2.75) is 25.0 Å². The van der Waals surface area contributed by atoms with Gasteiger partial charge in [-0.1, -0.05) is 24.3 Å². The van der Waals surface area contributed by atoms with E-state index in [0.717, 1.165) is 36.0 Å². The Morgan fingerprint density at radius 3 is 2.95 bits per heavy atom. The normalized spacial score (nSPS) is 32.0.